The van der Waals surface area contributed by atoms with E-state index in [-0.39, 0.29) is 19.3 Å². The van der Waals surface area contributed by atoms with Crippen LogP contribution in [-0.2, 0) is 35.1 Å². The van der Waals surface area contributed by atoms with Gasteiger partial charge < -0.3 is 19.3 Å². The Labute approximate surface area is 185 Å². The van der Waals surface area contributed by atoms with Gasteiger partial charge in [0, 0.05) is 31.2 Å². The lowest BCUT2D eigenvalue weighted by molar-refractivity contribution is -0.200. The van der Waals surface area contributed by atoms with Gasteiger partial charge in [0.1, 0.15) is 11.2 Å². The number of imidazole rings is 1. The van der Waals surface area contributed by atoms with Crippen LogP contribution in [0.15, 0.2) is 12.5 Å². The molecule has 12 heteroatoms. The standard InChI is InChI=1S/C20H28N4O8/c1-19(2,3)30-17(28)23(18(29)31-20(4,5)6)13(9-12-10-21-11-22-12)16(27)32-24-14(25)7-8-15(24)26/h10-11,13H,7-9H2,1-6H3,(H,21,22)/t13-/m0/s1. The van der Waals surface area contributed by atoms with Crippen molar-refractivity contribution < 1.29 is 38.3 Å². The molecule has 1 fully saturated rings. The smallest absolute Gasteiger partial charge is 0.420 e. The van der Waals surface area contributed by atoms with Crippen LogP contribution in [0.5, 0.6) is 0 Å². The van der Waals surface area contributed by atoms with Gasteiger partial charge in [-0.1, -0.05) is 0 Å². The highest BCUT2D eigenvalue weighted by Gasteiger charge is 2.44. The molecule has 0 unspecified atom stereocenters. The topological polar surface area (TPSA) is 148 Å². The number of carbonyl (C=O) groups excluding carboxylic acids is 5. The highest BCUT2D eigenvalue weighted by atomic mass is 16.7. The molecular weight excluding hydrogens is 424 g/mol. The van der Waals surface area contributed by atoms with Gasteiger partial charge in [-0.15, -0.1) is 5.06 Å². The zero-order chi connectivity index (χ0) is 24.3. The SMILES string of the molecule is CC(C)(C)OC(=O)N(C(=O)OC(C)(C)C)[C@@H](Cc1cnc[nH]1)C(=O)ON1C(=O)CCC1=O. The molecule has 12 nitrogen and oxygen atoms in total. The number of ether oxygens (including phenoxy) is 2. The fraction of sp³-hybridized carbons (Fsp3) is 0.600. The summed E-state index contributed by atoms with van der Waals surface area (Å²) in [6.45, 7) is 9.51. The van der Waals surface area contributed by atoms with Gasteiger partial charge in [-0.2, -0.15) is 4.90 Å². The summed E-state index contributed by atoms with van der Waals surface area (Å²) in [6.07, 6.45) is -0.0726. The van der Waals surface area contributed by atoms with Crippen molar-refractivity contribution in [2.75, 3.05) is 0 Å². The average molecular weight is 452 g/mol. The Kier molecular flexibility index (Phi) is 7.27. The number of hydrogen-bond acceptors (Lipinski definition) is 9. The molecule has 1 aromatic heterocycles. The van der Waals surface area contributed by atoms with E-state index >= 15 is 0 Å². The van der Waals surface area contributed by atoms with Gasteiger partial charge in [-0.3, -0.25) is 9.59 Å². The predicted octanol–water partition coefficient (Wildman–Crippen LogP) is 2.10. The van der Waals surface area contributed by atoms with E-state index in [1.165, 1.54) is 12.5 Å². The zero-order valence-corrected chi connectivity index (χ0v) is 19.0. The van der Waals surface area contributed by atoms with Crippen LogP contribution in [0.3, 0.4) is 0 Å². The molecule has 2 rings (SSSR count). The van der Waals surface area contributed by atoms with Crippen molar-refractivity contribution in [3.63, 3.8) is 0 Å². The Hall–Kier alpha value is -3.44. The maximum absolute atomic E-state index is 13.0. The van der Waals surface area contributed by atoms with Crippen LogP contribution >= 0.6 is 0 Å². The van der Waals surface area contributed by atoms with Crippen LogP contribution < -0.4 is 0 Å². The third kappa shape index (κ3) is 6.79. The van der Waals surface area contributed by atoms with E-state index in [1.807, 2.05) is 0 Å². The third-order valence-corrected chi connectivity index (χ3v) is 3.92. The highest BCUT2D eigenvalue weighted by molar-refractivity contribution is 6.02. The monoisotopic (exact) mass is 452 g/mol. The molecule has 0 saturated carbocycles. The average Bonchev–Trinajstić information content (AvgIpc) is 3.23. The number of imide groups is 2. The maximum atomic E-state index is 13.0. The number of carbonyl (C=O) groups is 5. The number of H-pyrrole nitrogens is 1. The first kappa shape index (κ1) is 24.8. The summed E-state index contributed by atoms with van der Waals surface area (Å²) >= 11 is 0. The number of nitrogens with zero attached hydrogens (tertiary/aromatic N) is 3. The lowest BCUT2D eigenvalue weighted by Gasteiger charge is -2.32. The molecule has 0 aromatic carbocycles. The molecule has 0 aliphatic carbocycles. The van der Waals surface area contributed by atoms with Crippen molar-refractivity contribution in [3.05, 3.63) is 18.2 Å². The number of amides is 4. The maximum Gasteiger partial charge on any atom is 0.420 e. The van der Waals surface area contributed by atoms with Crippen molar-refractivity contribution in [1.29, 1.82) is 0 Å². The first-order chi connectivity index (χ1) is 14.7. The first-order valence-corrected chi connectivity index (χ1v) is 9.98. The van der Waals surface area contributed by atoms with E-state index in [0.717, 1.165) is 0 Å². The van der Waals surface area contributed by atoms with Gasteiger partial charge in [0.05, 0.1) is 6.33 Å². The summed E-state index contributed by atoms with van der Waals surface area (Å²) in [5.74, 6) is -2.60. The van der Waals surface area contributed by atoms with Crippen LogP contribution in [-0.4, -0.2) is 67.1 Å². The van der Waals surface area contributed by atoms with Gasteiger partial charge in [0.2, 0.25) is 0 Å². The van der Waals surface area contributed by atoms with Gasteiger partial charge in [-0.05, 0) is 41.5 Å². The first-order valence-electron chi connectivity index (χ1n) is 9.98. The molecule has 0 radical (unpaired) electrons. The summed E-state index contributed by atoms with van der Waals surface area (Å²) in [5.41, 5.74) is -1.62. The second-order valence-corrected chi connectivity index (χ2v) is 9.12. The van der Waals surface area contributed by atoms with E-state index < -0.39 is 47.2 Å². The molecule has 4 amide bonds. The van der Waals surface area contributed by atoms with E-state index in [4.69, 9.17) is 14.3 Å². The van der Waals surface area contributed by atoms with Gasteiger partial charge in [-0.25, -0.2) is 19.4 Å². The molecule has 1 aromatic rings. The minimum absolute atomic E-state index is 0.112. The molecule has 2 heterocycles. The number of nitrogens with one attached hydrogen (secondary N) is 1. The molecule has 1 aliphatic rings. The van der Waals surface area contributed by atoms with Gasteiger partial charge in [0.25, 0.3) is 11.8 Å². The van der Waals surface area contributed by atoms with E-state index in [0.29, 0.717) is 15.7 Å². The molecule has 32 heavy (non-hydrogen) atoms. The van der Waals surface area contributed by atoms with Crippen molar-refractivity contribution >= 4 is 30.0 Å². The molecule has 1 saturated heterocycles. The quantitative estimate of drug-likeness (QED) is 0.663. The van der Waals surface area contributed by atoms with E-state index in [2.05, 4.69) is 9.97 Å². The van der Waals surface area contributed by atoms with Crippen molar-refractivity contribution in [3.8, 4) is 0 Å². The number of aromatic nitrogens is 2. The minimum Gasteiger partial charge on any atom is -0.443 e. The largest absolute Gasteiger partial charge is 0.443 e. The van der Waals surface area contributed by atoms with Gasteiger partial charge >= 0.3 is 18.2 Å². The normalized spacial score (nSPS) is 15.4. The van der Waals surface area contributed by atoms with Crippen molar-refractivity contribution in [1.82, 2.24) is 19.9 Å². The number of hydroxylamine groups is 2. The van der Waals surface area contributed by atoms with Crippen LogP contribution in [0.25, 0.3) is 0 Å². The van der Waals surface area contributed by atoms with Crippen LogP contribution in [0.4, 0.5) is 9.59 Å². The number of rotatable bonds is 5. The number of hydrogen-bond donors (Lipinski definition) is 1. The molecular formula is C20H28N4O8. The summed E-state index contributed by atoms with van der Waals surface area (Å²) in [5, 5.41) is 0.338. The van der Waals surface area contributed by atoms with Crippen LogP contribution in [0.1, 0.15) is 60.1 Å². The summed E-state index contributed by atoms with van der Waals surface area (Å²) in [4.78, 5) is 74.8. The number of aromatic amines is 1. The second-order valence-electron chi connectivity index (χ2n) is 9.12. The fourth-order valence-corrected chi connectivity index (χ4v) is 2.64. The second kappa shape index (κ2) is 9.37. The zero-order valence-electron chi connectivity index (χ0n) is 19.0. The summed E-state index contributed by atoms with van der Waals surface area (Å²) < 4.78 is 10.6. The van der Waals surface area contributed by atoms with Gasteiger partial charge in [0.15, 0.2) is 6.04 Å². The van der Waals surface area contributed by atoms with E-state index in [9.17, 15) is 24.0 Å². The Morgan fingerprint density at radius 3 is 1.94 bits per heavy atom. The van der Waals surface area contributed by atoms with Crippen LogP contribution in [0, 0.1) is 0 Å². The lowest BCUT2D eigenvalue weighted by Crippen LogP contribution is -2.54. The Balaban J connectivity index is 2.43. The predicted molar refractivity (Wildman–Crippen MR) is 108 cm³/mol. The Morgan fingerprint density at radius 2 is 1.53 bits per heavy atom. The fourth-order valence-electron chi connectivity index (χ4n) is 2.64. The molecule has 0 spiro atoms. The Bertz CT molecular complexity index is 838. The highest BCUT2D eigenvalue weighted by Crippen LogP contribution is 2.21. The van der Waals surface area contributed by atoms with Crippen LogP contribution in [0.2, 0.25) is 0 Å². The lowest BCUT2D eigenvalue weighted by atomic mass is 10.1. The molecule has 176 valence electrons. The third-order valence-electron chi connectivity index (χ3n) is 3.92. The minimum atomic E-state index is -1.62. The Morgan fingerprint density at radius 1 is 1.03 bits per heavy atom. The summed E-state index contributed by atoms with van der Waals surface area (Å²) in [6, 6.07) is -1.62. The molecule has 1 aliphatic heterocycles. The molecule has 1 N–H and O–H groups in total. The molecule has 1 atom stereocenters. The van der Waals surface area contributed by atoms with E-state index in [1.54, 1.807) is 41.5 Å². The summed E-state index contributed by atoms with van der Waals surface area (Å²) in [7, 11) is 0. The van der Waals surface area contributed by atoms with Crippen molar-refractivity contribution in [2.45, 2.75) is 78.0 Å². The molecule has 0 bridgehead atoms. The van der Waals surface area contributed by atoms with Crippen molar-refractivity contribution in [2.24, 2.45) is 0 Å².